The first kappa shape index (κ1) is 12.7. The number of alkyl halides is 1. The van der Waals surface area contributed by atoms with E-state index in [-0.39, 0.29) is 16.3 Å². The van der Waals surface area contributed by atoms with E-state index in [1.54, 1.807) is 24.3 Å². The Kier molecular flexibility index (Phi) is 3.72. The first-order valence-corrected chi connectivity index (χ1v) is 6.13. The highest BCUT2D eigenvalue weighted by atomic mass is 79.9. The number of halogens is 2. The molecular weight excluding hydrogens is 301 g/mol. The van der Waals surface area contributed by atoms with Gasteiger partial charge < -0.3 is 0 Å². The standard InChI is InChI=1S/C13H9BrFNO2/c14-13(9-1-5-11(15)6-2-9)10-3-7-12(8-4-10)16(17)18/h1-8,13H/t13-/m0/s1. The third-order valence-corrected chi connectivity index (χ3v) is 3.62. The summed E-state index contributed by atoms with van der Waals surface area (Å²) in [4.78, 5) is 9.99. The molecule has 2 aromatic rings. The number of nitro benzene ring substituents is 1. The van der Waals surface area contributed by atoms with Crippen molar-refractivity contribution in [3.8, 4) is 0 Å². The molecule has 2 rings (SSSR count). The van der Waals surface area contributed by atoms with Crippen LogP contribution in [0.2, 0.25) is 0 Å². The monoisotopic (exact) mass is 309 g/mol. The molecule has 0 aliphatic heterocycles. The lowest BCUT2D eigenvalue weighted by Crippen LogP contribution is -1.94. The predicted octanol–water partition coefficient (Wildman–Crippen LogP) is 4.22. The lowest BCUT2D eigenvalue weighted by Gasteiger charge is -2.10. The molecule has 0 N–H and O–H groups in total. The third kappa shape index (κ3) is 2.73. The molecule has 0 fully saturated rings. The van der Waals surface area contributed by atoms with E-state index in [4.69, 9.17) is 0 Å². The molecule has 0 spiro atoms. The Hall–Kier alpha value is -1.75. The summed E-state index contributed by atoms with van der Waals surface area (Å²) in [5.74, 6) is -0.290. The molecule has 1 atom stereocenters. The number of benzene rings is 2. The van der Waals surface area contributed by atoms with E-state index in [9.17, 15) is 14.5 Å². The van der Waals surface area contributed by atoms with Crippen LogP contribution in [-0.2, 0) is 0 Å². The quantitative estimate of drug-likeness (QED) is 0.484. The van der Waals surface area contributed by atoms with Gasteiger partial charge in [0.1, 0.15) is 5.82 Å². The zero-order valence-corrected chi connectivity index (χ0v) is 10.8. The van der Waals surface area contributed by atoms with Crippen LogP contribution in [-0.4, -0.2) is 4.92 Å². The average Bonchev–Trinajstić information content (AvgIpc) is 2.39. The first-order valence-electron chi connectivity index (χ1n) is 5.22. The Morgan fingerprint density at radius 1 is 1.00 bits per heavy atom. The summed E-state index contributed by atoms with van der Waals surface area (Å²) >= 11 is 3.49. The molecule has 0 radical (unpaired) electrons. The fraction of sp³-hybridized carbons (Fsp3) is 0.0769. The van der Waals surface area contributed by atoms with E-state index in [0.29, 0.717) is 0 Å². The minimum Gasteiger partial charge on any atom is -0.258 e. The van der Waals surface area contributed by atoms with E-state index in [0.717, 1.165) is 11.1 Å². The SMILES string of the molecule is O=[N+]([O-])c1ccc([C@@H](Br)c2ccc(F)cc2)cc1. The van der Waals surface area contributed by atoms with Gasteiger partial charge in [0.2, 0.25) is 0 Å². The largest absolute Gasteiger partial charge is 0.269 e. The van der Waals surface area contributed by atoms with Crippen molar-refractivity contribution < 1.29 is 9.31 Å². The number of nitro groups is 1. The van der Waals surface area contributed by atoms with Crippen LogP contribution >= 0.6 is 15.9 Å². The second-order valence-corrected chi connectivity index (χ2v) is 4.68. The normalized spacial score (nSPS) is 12.1. The molecule has 0 aromatic heterocycles. The second-order valence-electron chi connectivity index (χ2n) is 3.76. The molecule has 0 bridgehead atoms. The van der Waals surface area contributed by atoms with Crippen molar-refractivity contribution in [3.63, 3.8) is 0 Å². The van der Waals surface area contributed by atoms with Crippen molar-refractivity contribution in [3.05, 3.63) is 75.6 Å². The summed E-state index contributed by atoms with van der Waals surface area (Å²) in [6, 6.07) is 12.4. The van der Waals surface area contributed by atoms with Crippen molar-refractivity contribution in [2.45, 2.75) is 4.83 Å². The molecule has 0 unspecified atom stereocenters. The molecule has 0 saturated carbocycles. The van der Waals surface area contributed by atoms with Crippen LogP contribution in [0.15, 0.2) is 48.5 Å². The van der Waals surface area contributed by atoms with Crippen molar-refractivity contribution >= 4 is 21.6 Å². The van der Waals surface area contributed by atoms with Gasteiger partial charge in [0.25, 0.3) is 5.69 Å². The van der Waals surface area contributed by atoms with Crippen LogP contribution in [0, 0.1) is 15.9 Å². The highest BCUT2D eigenvalue weighted by molar-refractivity contribution is 9.09. The summed E-state index contributed by atoms with van der Waals surface area (Å²) in [6.07, 6.45) is 0. The minimum atomic E-state index is -0.440. The highest BCUT2D eigenvalue weighted by Gasteiger charge is 2.12. The molecular formula is C13H9BrFNO2. The number of rotatable bonds is 3. The Labute approximate surface area is 112 Å². The van der Waals surface area contributed by atoms with Gasteiger partial charge in [-0.15, -0.1) is 0 Å². The zero-order valence-electron chi connectivity index (χ0n) is 9.22. The van der Waals surface area contributed by atoms with Gasteiger partial charge in [0, 0.05) is 12.1 Å². The molecule has 3 nitrogen and oxygen atoms in total. The topological polar surface area (TPSA) is 43.1 Å². The summed E-state index contributed by atoms with van der Waals surface area (Å²) in [5.41, 5.74) is 1.83. The first-order chi connectivity index (χ1) is 8.58. The number of nitrogens with zero attached hydrogens (tertiary/aromatic N) is 1. The molecule has 92 valence electrons. The predicted molar refractivity (Wildman–Crippen MR) is 70.3 cm³/mol. The molecule has 0 saturated heterocycles. The zero-order chi connectivity index (χ0) is 13.1. The summed E-state index contributed by atoms with van der Waals surface area (Å²) in [5, 5.41) is 10.5. The second kappa shape index (κ2) is 5.27. The molecule has 2 aromatic carbocycles. The molecule has 0 aliphatic carbocycles. The Morgan fingerprint density at radius 2 is 1.44 bits per heavy atom. The maximum absolute atomic E-state index is 12.8. The van der Waals surface area contributed by atoms with Crippen molar-refractivity contribution in [1.82, 2.24) is 0 Å². The van der Waals surface area contributed by atoms with Gasteiger partial charge in [0.15, 0.2) is 0 Å². The number of hydrogen-bond acceptors (Lipinski definition) is 2. The van der Waals surface area contributed by atoms with Crippen LogP contribution in [0.3, 0.4) is 0 Å². The molecule has 0 amide bonds. The number of hydrogen-bond donors (Lipinski definition) is 0. The van der Waals surface area contributed by atoms with Gasteiger partial charge in [-0.2, -0.15) is 0 Å². The van der Waals surface area contributed by atoms with Crippen LogP contribution in [0.4, 0.5) is 10.1 Å². The van der Waals surface area contributed by atoms with Crippen molar-refractivity contribution in [2.75, 3.05) is 0 Å². The maximum Gasteiger partial charge on any atom is 0.269 e. The Balaban J connectivity index is 2.25. The van der Waals surface area contributed by atoms with E-state index < -0.39 is 4.92 Å². The lowest BCUT2D eigenvalue weighted by molar-refractivity contribution is -0.384. The van der Waals surface area contributed by atoms with Gasteiger partial charge in [-0.1, -0.05) is 40.2 Å². The fourth-order valence-corrected chi connectivity index (χ4v) is 2.20. The van der Waals surface area contributed by atoms with Crippen LogP contribution < -0.4 is 0 Å². The Bertz CT molecular complexity index is 554. The van der Waals surface area contributed by atoms with E-state index in [1.165, 1.54) is 24.3 Å². The van der Waals surface area contributed by atoms with Gasteiger partial charge >= 0.3 is 0 Å². The molecule has 0 heterocycles. The van der Waals surface area contributed by atoms with E-state index >= 15 is 0 Å². The third-order valence-electron chi connectivity index (χ3n) is 2.56. The fourth-order valence-electron chi connectivity index (χ4n) is 1.59. The van der Waals surface area contributed by atoms with Gasteiger partial charge in [0.05, 0.1) is 9.75 Å². The highest BCUT2D eigenvalue weighted by Crippen LogP contribution is 2.31. The lowest BCUT2D eigenvalue weighted by atomic mass is 10.0. The number of non-ortho nitro benzene ring substituents is 1. The summed E-state index contributed by atoms with van der Waals surface area (Å²) in [6.45, 7) is 0. The van der Waals surface area contributed by atoms with E-state index in [2.05, 4.69) is 15.9 Å². The molecule has 18 heavy (non-hydrogen) atoms. The van der Waals surface area contributed by atoms with Crippen LogP contribution in [0.25, 0.3) is 0 Å². The summed E-state index contributed by atoms with van der Waals surface area (Å²) < 4.78 is 12.8. The van der Waals surface area contributed by atoms with Crippen LogP contribution in [0.5, 0.6) is 0 Å². The van der Waals surface area contributed by atoms with Crippen LogP contribution in [0.1, 0.15) is 16.0 Å². The van der Waals surface area contributed by atoms with Gasteiger partial charge in [-0.05, 0) is 23.3 Å². The van der Waals surface area contributed by atoms with E-state index in [1.807, 2.05) is 0 Å². The average molecular weight is 310 g/mol. The van der Waals surface area contributed by atoms with Gasteiger partial charge in [-0.3, -0.25) is 10.1 Å². The summed E-state index contributed by atoms with van der Waals surface area (Å²) in [7, 11) is 0. The molecule has 5 heteroatoms. The van der Waals surface area contributed by atoms with Gasteiger partial charge in [-0.25, -0.2) is 4.39 Å². The smallest absolute Gasteiger partial charge is 0.258 e. The van der Waals surface area contributed by atoms with Crippen molar-refractivity contribution in [1.29, 1.82) is 0 Å². The minimum absolute atomic E-state index is 0.0533. The Morgan fingerprint density at radius 3 is 1.89 bits per heavy atom. The maximum atomic E-state index is 12.8. The molecule has 0 aliphatic rings. The van der Waals surface area contributed by atoms with Crippen molar-refractivity contribution in [2.24, 2.45) is 0 Å².